The van der Waals surface area contributed by atoms with Crippen molar-refractivity contribution in [2.75, 3.05) is 11.9 Å². The van der Waals surface area contributed by atoms with Gasteiger partial charge in [0.25, 0.3) is 0 Å². The van der Waals surface area contributed by atoms with Gasteiger partial charge in [-0.25, -0.2) is 13.8 Å². The molecule has 1 aliphatic heterocycles. The topological polar surface area (TPSA) is 88.3 Å². The van der Waals surface area contributed by atoms with Gasteiger partial charge in [0.15, 0.2) is 11.8 Å². The molecule has 0 spiro atoms. The first-order valence-corrected chi connectivity index (χ1v) is 9.21. The van der Waals surface area contributed by atoms with Gasteiger partial charge in [-0.3, -0.25) is 5.10 Å². The van der Waals surface area contributed by atoms with Crippen LogP contribution < -0.4 is 11.1 Å². The standard InChI is InChI=1S/C19H23F2N5O/c20-15-7-3-2-6-13(15)16(21)11-27-18(8-4-1-5-9-18)19(22)14-10-25-26-17(14)23-12-24-19/h2-3,6-7,10,12,16H,1,4-5,8-9,11,22H2,(H2,23,24,25,26). The summed E-state index contributed by atoms with van der Waals surface area (Å²) in [5.74, 6) is 0.0812. The first kappa shape index (κ1) is 18.1. The minimum absolute atomic E-state index is 0.00709. The summed E-state index contributed by atoms with van der Waals surface area (Å²) >= 11 is 0. The van der Waals surface area contributed by atoms with Crippen molar-refractivity contribution in [1.29, 1.82) is 0 Å². The number of H-pyrrole nitrogens is 1. The average molecular weight is 375 g/mol. The molecule has 4 rings (SSSR count). The molecule has 1 aromatic carbocycles. The third-order valence-electron chi connectivity index (χ3n) is 5.63. The van der Waals surface area contributed by atoms with Crippen LogP contribution in [0.2, 0.25) is 0 Å². The predicted octanol–water partition coefficient (Wildman–Crippen LogP) is 3.54. The summed E-state index contributed by atoms with van der Waals surface area (Å²) in [5, 5.41) is 9.89. The normalized spacial score (nSPS) is 24.9. The molecule has 1 fully saturated rings. The summed E-state index contributed by atoms with van der Waals surface area (Å²) in [6.07, 6.45) is 5.74. The quantitative estimate of drug-likeness (QED) is 0.746. The molecular weight excluding hydrogens is 352 g/mol. The Morgan fingerprint density at radius 2 is 2.00 bits per heavy atom. The molecule has 2 atom stereocenters. The number of hydrogen-bond donors (Lipinski definition) is 3. The van der Waals surface area contributed by atoms with Crippen LogP contribution in [0.15, 0.2) is 35.5 Å². The fourth-order valence-corrected chi connectivity index (χ4v) is 4.13. The molecule has 2 heterocycles. The Kier molecular flexibility index (Phi) is 4.69. The van der Waals surface area contributed by atoms with E-state index in [2.05, 4.69) is 20.5 Å². The number of aromatic amines is 1. The second-order valence-corrected chi connectivity index (χ2v) is 7.18. The minimum Gasteiger partial charge on any atom is -0.367 e. The van der Waals surface area contributed by atoms with Gasteiger partial charge in [0, 0.05) is 5.56 Å². The number of fused-ring (bicyclic) bond motifs is 1. The maximum absolute atomic E-state index is 14.8. The number of hydrogen-bond acceptors (Lipinski definition) is 5. The lowest BCUT2D eigenvalue weighted by Crippen LogP contribution is -2.60. The monoisotopic (exact) mass is 375 g/mol. The van der Waals surface area contributed by atoms with Crippen molar-refractivity contribution in [3.63, 3.8) is 0 Å². The molecule has 1 saturated carbocycles. The maximum Gasteiger partial charge on any atom is 0.169 e. The molecule has 4 N–H and O–H groups in total. The summed E-state index contributed by atoms with van der Waals surface area (Å²) < 4.78 is 34.9. The Labute approximate surface area is 156 Å². The van der Waals surface area contributed by atoms with Crippen LogP contribution in [-0.2, 0) is 10.4 Å². The fraction of sp³-hybridized carbons (Fsp3) is 0.474. The number of nitrogens with two attached hydrogens (primary N) is 1. The van der Waals surface area contributed by atoms with Gasteiger partial charge in [0.1, 0.15) is 17.2 Å². The Morgan fingerprint density at radius 3 is 2.78 bits per heavy atom. The third-order valence-corrected chi connectivity index (χ3v) is 5.63. The molecule has 0 amide bonds. The van der Waals surface area contributed by atoms with Crippen LogP contribution >= 0.6 is 0 Å². The molecule has 2 aromatic rings. The number of nitrogens with zero attached hydrogens (tertiary/aromatic N) is 2. The second-order valence-electron chi connectivity index (χ2n) is 7.18. The lowest BCUT2D eigenvalue weighted by molar-refractivity contribution is -0.135. The van der Waals surface area contributed by atoms with E-state index < -0.39 is 23.3 Å². The van der Waals surface area contributed by atoms with E-state index in [1.165, 1.54) is 24.5 Å². The summed E-state index contributed by atoms with van der Waals surface area (Å²) in [6.45, 7) is -0.282. The Balaban J connectivity index is 1.63. The van der Waals surface area contributed by atoms with Crippen LogP contribution in [0.1, 0.15) is 49.4 Å². The van der Waals surface area contributed by atoms with Crippen molar-refractivity contribution < 1.29 is 13.5 Å². The molecule has 8 heteroatoms. The number of halogens is 2. The van der Waals surface area contributed by atoms with Crippen molar-refractivity contribution in [3.8, 4) is 0 Å². The van der Waals surface area contributed by atoms with Gasteiger partial charge in [-0.15, -0.1) is 0 Å². The molecular formula is C19H23F2N5O. The molecule has 2 aliphatic rings. The molecule has 2 unspecified atom stereocenters. The summed E-state index contributed by atoms with van der Waals surface area (Å²) in [7, 11) is 0. The van der Waals surface area contributed by atoms with Crippen LogP contribution in [-0.4, -0.2) is 28.7 Å². The van der Waals surface area contributed by atoms with Crippen LogP contribution in [0.4, 0.5) is 14.6 Å². The highest BCUT2D eigenvalue weighted by atomic mass is 19.1. The number of nitrogens with one attached hydrogen (secondary N) is 2. The number of ether oxygens (including phenoxy) is 1. The number of aliphatic imine (C=N–C) groups is 1. The van der Waals surface area contributed by atoms with E-state index in [4.69, 9.17) is 10.5 Å². The maximum atomic E-state index is 14.8. The van der Waals surface area contributed by atoms with E-state index in [0.717, 1.165) is 19.3 Å². The largest absolute Gasteiger partial charge is 0.367 e. The van der Waals surface area contributed by atoms with Crippen molar-refractivity contribution in [2.45, 2.75) is 49.5 Å². The van der Waals surface area contributed by atoms with Crippen LogP contribution in [0.3, 0.4) is 0 Å². The van der Waals surface area contributed by atoms with Crippen LogP contribution in [0.5, 0.6) is 0 Å². The fourth-order valence-electron chi connectivity index (χ4n) is 4.13. The van der Waals surface area contributed by atoms with Gasteiger partial charge in [0.05, 0.1) is 24.7 Å². The molecule has 0 bridgehead atoms. The Morgan fingerprint density at radius 1 is 1.22 bits per heavy atom. The van der Waals surface area contributed by atoms with Gasteiger partial charge in [-0.05, 0) is 18.9 Å². The average Bonchev–Trinajstić information content (AvgIpc) is 3.18. The highest BCUT2D eigenvalue weighted by molar-refractivity contribution is 5.79. The smallest absolute Gasteiger partial charge is 0.169 e. The van der Waals surface area contributed by atoms with Gasteiger partial charge >= 0.3 is 0 Å². The third kappa shape index (κ3) is 3.02. The lowest BCUT2D eigenvalue weighted by atomic mass is 9.72. The van der Waals surface area contributed by atoms with Crippen molar-refractivity contribution in [2.24, 2.45) is 10.7 Å². The minimum atomic E-state index is -1.58. The molecule has 0 saturated heterocycles. The lowest BCUT2D eigenvalue weighted by Gasteiger charge is -2.48. The molecule has 0 radical (unpaired) electrons. The second kappa shape index (κ2) is 7.01. The molecule has 1 aromatic heterocycles. The molecule has 144 valence electrons. The summed E-state index contributed by atoms with van der Waals surface area (Å²) in [6, 6.07) is 5.83. The van der Waals surface area contributed by atoms with E-state index in [-0.39, 0.29) is 12.2 Å². The zero-order valence-corrected chi connectivity index (χ0v) is 14.9. The van der Waals surface area contributed by atoms with Crippen molar-refractivity contribution >= 4 is 12.2 Å². The van der Waals surface area contributed by atoms with E-state index in [0.29, 0.717) is 24.2 Å². The van der Waals surface area contributed by atoms with Crippen molar-refractivity contribution in [1.82, 2.24) is 10.2 Å². The number of rotatable bonds is 5. The van der Waals surface area contributed by atoms with E-state index in [9.17, 15) is 8.78 Å². The SMILES string of the molecule is NC1(C2(OCC(F)c3ccccc3F)CCCCC2)N=CNc2[nH]ncc21. The first-order chi connectivity index (χ1) is 13.1. The van der Waals surface area contributed by atoms with Crippen LogP contribution in [0, 0.1) is 5.82 Å². The van der Waals surface area contributed by atoms with E-state index in [1.54, 1.807) is 12.3 Å². The van der Waals surface area contributed by atoms with Gasteiger partial charge < -0.3 is 15.8 Å². The summed E-state index contributed by atoms with van der Waals surface area (Å²) in [4.78, 5) is 4.50. The highest BCUT2D eigenvalue weighted by Crippen LogP contribution is 2.48. The predicted molar refractivity (Wildman–Crippen MR) is 98.6 cm³/mol. The summed E-state index contributed by atoms with van der Waals surface area (Å²) in [5.41, 5.74) is 5.38. The molecule has 6 nitrogen and oxygen atoms in total. The zero-order valence-electron chi connectivity index (χ0n) is 14.9. The molecule has 1 aliphatic carbocycles. The Bertz CT molecular complexity index is 833. The van der Waals surface area contributed by atoms with Gasteiger partial charge in [0.2, 0.25) is 0 Å². The van der Waals surface area contributed by atoms with E-state index >= 15 is 0 Å². The highest BCUT2D eigenvalue weighted by Gasteiger charge is 2.54. The van der Waals surface area contributed by atoms with E-state index in [1.807, 2.05) is 0 Å². The zero-order chi connectivity index (χ0) is 18.9. The number of aromatic nitrogens is 2. The molecule has 27 heavy (non-hydrogen) atoms. The first-order valence-electron chi connectivity index (χ1n) is 9.21. The number of alkyl halides is 1. The number of benzene rings is 1. The number of anilines is 1. The Hall–Kier alpha value is -2.32. The van der Waals surface area contributed by atoms with Gasteiger partial charge in [-0.2, -0.15) is 5.10 Å². The van der Waals surface area contributed by atoms with Gasteiger partial charge in [-0.1, -0.05) is 37.5 Å². The van der Waals surface area contributed by atoms with Crippen LogP contribution in [0.25, 0.3) is 0 Å². The van der Waals surface area contributed by atoms with Crippen molar-refractivity contribution in [3.05, 3.63) is 47.4 Å².